The lowest BCUT2D eigenvalue weighted by atomic mass is 10.2. The first-order valence-electron chi connectivity index (χ1n) is 7.77. The van der Waals surface area contributed by atoms with Crippen LogP contribution in [0, 0.1) is 19.7 Å². The number of amides is 1. The molecule has 24 heavy (non-hydrogen) atoms. The maximum Gasteiger partial charge on any atom is 0.259 e. The molecule has 0 saturated heterocycles. The number of carbonyl (C=O) groups is 1. The number of rotatable bonds is 3. The molecule has 2 aromatic carbocycles. The Balaban J connectivity index is 2.03. The summed E-state index contributed by atoms with van der Waals surface area (Å²) >= 11 is 0. The van der Waals surface area contributed by atoms with Crippen LogP contribution in [0.5, 0.6) is 0 Å². The van der Waals surface area contributed by atoms with E-state index in [1.165, 1.54) is 6.07 Å². The molecule has 0 aliphatic rings. The molecule has 1 heterocycles. The summed E-state index contributed by atoms with van der Waals surface area (Å²) in [6.45, 7) is 3.71. The smallest absolute Gasteiger partial charge is 0.259 e. The molecule has 0 aliphatic heterocycles. The first kappa shape index (κ1) is 16.0. The van der Waals surface area contributed by atoms with E-state index in [0.29, 0.717) is 11.3 Å². The van der Waals surface area contributed by atoms with Crippen LogP contribution in [-0.4, -0.2) is 17.5 Å². The Hall–Kier alpha value is -2.88. The molecular weight excluding hydrogens is 303 g/mol. The predicted molar refractivity (Wildman–Crippen MR) is 94.4 cm³/mol. The number of hydrogen-bond acceptors (Lipinski definition) is 1. The van der Waals surface area contributed by atoms with Crippen LogP contribution in [0.15, 0.2) is 60.7 Å². The minimum atomic E-state index is -0.310. The fourth-order valence-electron chi connectivity index (χ4n) is 2.93. The van der Waals surface area contributed by atoms with Gasteiger partial charge in [-0.2, -0.15) is 0 Å². The topological polar surface area (TPSA) is 25.2 Å². The summed E-state index contributed by atoms with van der Waals surface area (Å²) in [5.41, 5.74) is 3.39. The molecule has 0 atom stereocenters. The lowest BCUT2D eigenvalue weighted by molar-refractivity contribution is 0.0992. The number of halogens is 1. The van der Waals surface area contributed by atoms with Crippen molar-refractivity contribution in [3.63, 3.8) is 0 Å². The molecule has 122 valence electrons. The van der Waals surface area contributed by atoms with Gasteiger partial charge in [-0.1, -0.05) is 30.3 Å². The van der Waals surface area contributed by atoms with Crippen molar-refractivity contribution in [1.29, 1.82) is 0 Å². The molecule has 0 unspecified atom stereocenters. The van der Waals surface area contributed by atoms with Gasteiger partial charge in [0.15, 0.2) is 0 Å². The van der Waals surface area contributed by atoms with Gasteiger partial charge >= 0.3 is 0 Å². The lowest BCUT2D eigenvalue weighted by Crippen LogP contribution is -2.26. The third kappa shape index (κ3) is 2.71. The van der Waals surface area contributed by atoms with Gasteiger partial charge in [-0.15, -0.1) is 0 Å². The highest BCUT2D eigenvalue weighted by atomic mass is 19.1. The first-order chi connectivity index (χ1) is 11.5. The van der Waals surface area contributed by atoms with Crippen molar-refractivity contribution < 1.29 is 9.18 Å². The quantitative estimate of drug-likeness (QED) is 0.696. The molecule has 0 spiro atoms. The van der Waals surface area contributed by atoms with Gasteiger partial charge in [0.1, 0.15) is 5.82 Å². The van der Waals surface area contributed by atoms with Crippen molar-refractivity contribution in [1.82, 2.24) is 4.57 Å². The van der Waals surface area contributed by atoms with Crippen molar-refractivity contribution in [2.45, 2.75) is 13.8 Å². The van der Waals surface area contributed by atoms with Gasteiger partial charge in [-0.25, -0.2) is 4.39 Å². The highest BCUT2D eigenvalue weighted by molar-refractivity contribution is 6.06. The molecule has 3 rings (SSSR count). The van der Waals surface area contributed by atoms with Crippen molar-refractivity contribution in [2.75, 3.05) is 11.9 Å². The average molecular weight is 322 g/mol. The molecule has 0 radical (unpaired) electrons. The zero-order valence-electron chi connectivity index (χ0n) is 14.0. The van der Waals surface area contributed by atoms with E-state index < -0.39 is 0 Å². The molecule has 1 amide bonds. The molecule has 4 heteroatoms. The summed E-state index contributed by atoms with van der Waals surface area (Å²) in [6, 6.07) is 17.8. The Kier molecular flexibility index (Phi) is 4.21. The Morgan fingerprint density at radius 2 is 1.62 bits per heavy atom. The zero-order valence-corrected chi connectivity index (χ0v) is 14.0. The van der Waals surface area contributed by atoms with Gasteiger partial charge in [0, 0.05) is 24.1 Å². The second kappa shape index (κ2) is 6.32. The Morgan fingerprint density at radius 3 is 2.29 bits per heavy atom. The zero-order chi connectivity index (χ0) is 17.3. The monoisotopic (exact) mass is 322 g/mol. The van der Waals surface area contributed by atoms with Gasteiger partial charge in [0.05, 0.1) is 11.3 Å². The third-order valence-electron chi connectivity index (χ3n) is 4.20. The molecule has 3 nitrogen and oxygen atoms in total. The van der Waals surface area contributed by atoms with E-state index in [1.807, 2.05) is 50.2 Å². The number of hydrogen-bond donors (Lipinski definition) is 0. The summed E-state index contributed by atoms with van der Waals surface area (Å²) in [5.74, 6) is -0.424. The van der Waals surface area contributed by atoms with Gasteiger partial charge in [0.2, 0.25) is 0 Å². The molecule has 0 bridgehead atoms. The molecule has 0 saturated carbocycles. The van der Waals surface area contributed by atoms with Crippen molar-refractivity contribution in [3.05, 3.63) is 83.4 Å². The van der Waals surface area contributed by atoms with Crippen LogP contribution in [0.1, 0.15) is 21.7 Å². The fourth-order valence-corrected chi connectivity index (χ4v) is 2.93. The lowest BCUT2D eigenvalue weighted by Gasteiger charge is -2.17. The molecule has 0 N–H and O–H groups in total. The van der Waals surface area contributed by atoms with E-state index in [9.17, 15) is 9.18 Å². The van der Waals surface area contributed by atoms with Crippen molar-refractivity contribution in [2.24, 2.45) is 0 Å². The van der Waals surface area contributed by atoms with Gasteiger partial charge in [-0.3, -0.25) is 4.79 Å². The molecule has 0 fully saturated rings. The Morgan fingerprint density at radius 1 is 1.00 bits per heavy atom. The minimum Gasteiger partial charge on any atom is -0.315 e. The van der Waals surface area contributed by atoms with Crippen LogP contribution in [0.25, 0.3) is 5.69 Å². The SMILES string of the molecule is Cc1cc(C(=O)N(C)c2ccccc2)c(C)n1-c1ccccc1F. The molecule has 3 aromatic rings. The van der Waals surface area contributed by atoms with Crippen molar-refractivity contribution in [3.8, 4) is 5.69 Å². The van der Waals surface area contributed by atoms with E-state index in [2.05, 4.69) is 0 Å². The van der Waals surface area contributed by atoms with Crippen LogP contribution >= 0.6 is 0 Å². The average Bonchev–Trinajstić information content (AvgIpc) is 2.89. The van der Waals surface area contributed by atoms with Crippen LogP contribution in [-0.2, 0) is 0 Å². The van der Waals surface area contributed by atoms with E-state index in [0.717, 1.165) is 17.1 Å². The van der Waals surface area contributed by atoms with E-state index in [-0.39, 0.29) is 11.7 Å². The summed E-state index contributed by atoms with van der Waals surface area (Å²) < 4.78 is 15.9. The summed E-state index contributed by atoms with van der Waals surface area (Å²) in [5, 5.41) is 0. The second-order valence-corrected chi connectivity index (χ2v) is 5.77. The van der Waals surface area contributed by atoms with E-state index in [1.54, 1.807) is 34.7 Å². The summed E-state index contributed by atoms with van der Waals surface area (Å²) in [7, 11) is 1.74. The second-order valence-electron chi connectivity index (χ2n) is 5.77. The first-order valence-corrected chi connectivity index (χ1v) is 7.77. The standard InChI is InChI=1S/C20H19FN2O/c1-14-13-17(20(24)22(3)16-9-5-4-6-10-16)15(2)23(14)19-12-8-7-11-18(19)21/h4-13H,1-3H3. The van der Waals surface area contributed by atoms with Crippen LogP contribution < -0.4 is 4.90 Å². The molecular formula is C20H19FN2O. The van der Waals surface area contributed by atoms with E-state index >= 15 is 0 Å². The van der Waals surface area contributed by atoms with Gasteiger partial charge in [0.25, 0.3) is 5.91 Å². The highest BCUT2D eigenvalue weighted by Gasteiger charge is 2.21. The van der Waals surface area contributed by atoms with Gasteiger partial charge in [-0.05, 0) is 44.2 Å². The van der Waals surface area contributed by atoms with E-state index in [4.69, 9.17) is 0 Å². The number of para-hydroxylation sites is 2. The van der Waals surface area contributed by atoms with Crippen LogP contribution in [0.4, 0.5) is 10.1 Å². The summed E-state index contributed by atoms with van der Waals surface area (Å²) in [4.78, 5) is 14.5. The number of anilines is 1. The predicted octanol–water partition coefficient (Wildman–Crippen LogP) is 4.51. The molecule has 0 aliphatic carbocycles. The minimum absolute atomic E-state index is 0.114. The Bertz CT molecular complexity index is 884. The number of aryl methyl sites for hydroxylation is 1. The van der Waals surface area contributed by atoms with Gasteiger partial charge < -0.3 is 9.47 Å². The van der Waals surface area contributed by atoms with Crippen molar-refractivity contribution >= 4 is 11.6 Å². The highest BCUT2D eigenvalue weighted by Crippen LogP contribution is 2.25. The Labute approximate surface area is 141 Å². The number of benzene rings is 2. The van der Waals surface area contributed by atoms with Crippen LogP contribution in [0.2, 0.25) is 0 Å². The normalized spacial score (nSPS) is 10.7. The number of aromatic nitrogens is 1. The third-order valence-corrected chi connectivity index (χ3v) is 4.20. The number of nitrogens with zero attached hydrogens (tertiary/aromatic N) is 2. The fraction of sp³-hybridized carbons (Fsp3) is 0.150. The maximum absolute atomic E-state index is 14.2. The maximum atomic E-state index is 14.2. The summed E-state index contributed by atoms with van der Waals surface area (Å²) in [6.07, 6.45) is 0. The molecule has 1 aromatic heterocycles. The van der Waals surface area contributed by atoms with Crippen LogP contribution in [0.3, 0.4) is 0 Å². The number of carbonyl (C=O) groups excluding carboxylic acids is 1. The largest absolute Gasteiger partial charge is 0.315 e.